The number of Topliss-reactive ketones (excluding diaryl/α,β-unsaturated/α-hetero) is 2. The molecule has 5 nitrogen and oxygen atoms in total. The van der Waals surface area contributed by atoms with E-state index in [2.05, 4.69) is 5.32 Å². The Labute approximate surface area is 167 Å². The van der Waals surface area contributed by atoms with Crippen molar-refractivity contribution in [1.82, 2.24) is 5.32 Å². The van der Waals surface area contributed by atoms with E-state index >= 15 is 0 Å². The van der Waals surface area contributed by atoms with Crippen LogP contribution in [0.3, 0.4) is 0 Å². The lowest BCUT2D eigenvalue weighted by Gasteiger charge is -2.24. The zero-order valence-electron chi connectivity index (χ0n) is 17.0. The van der Waals surface area contributed by atoms with E-state index in [0.717, 1.165) is 32.1 Å². The number of hydrogen-bond acceptors (Lipinski definition) is 4. The molecule has 2 atom stereocenters. The molecule has 0 aromatic carbocycles. The molecular weight excluding hydrogens is 354 g/mol. The van der Waals surface area contributed by atoms with Gasteiger partial charge in [-0.15, -0.1) is 0 Å². The third-order valence-electron chi connectivity index (χ3n) is 6.57. The summed E-state index contributed by atoms with van der Waals surface area (Å²) in [5, 5.41) is 2.71. The monoisotopic (exact) mass is 385 g/mol. The first kappa shape index (κ1) is 20.7. The Hall–Kier alpha value is -2.04. The van der Waals surface area contributed by atoms with Crippen molar-refractivity contribution in [2.24, 2.45) is 17.3 Å². The van der Waals surface area contributed by atoms with Crippen molar-refractivity contribution in [2.45, 2.75) is 77.7 Å². The highest BCUT2D eigenvalue weighted by molar-refractivity contribution is 6.05. The first-order valence-electron chi connectivity index (χ1n) is 10.6. The van der Waals surface area contributed by atoms with Crippen molar-refractivity contribution < 1.29 is 19.2 Å². The van der Waals surface area contributed by atoms with Gasteiger partial charge in [0.05, 0.1) is 6.04 Å². The van der Waals surface area contributed by atoms with Gasteiger partial charge in [0.15, 0.2) is 11.6 Å². The molecule has 2 fully saturated rings. The Morgan fingerprint density at radius 3 is 2.50 bits per heavy atom. The highest BCUT2D eigenvalue weighted by Gasteiger charge is 2.48. The van der Waals surface area contributed by atoms with Crippen molar-refractivity contribution in [3.05, 3.63) is 23.8 Å². The third kappa shape index (κ3) is 5.06. The summed E-state index contributed by atoms with van der Waals surface area (Å²) in [7, 11) is 0. The van der Waals surface area contributed by atoms with Gasteiger partial charge in [0, 0.05) is 29.7 Å². The molecule has 0 saturated heterocycles. The van der Waals surface area contributed by atoms with Crippen LogP contribution in [0.15, 0.2) is 23.8 Å². The molecule has 1 amide bonds. The fraction of sp³-hybridized carbons (Fsp3) is 0.652. The molecule has 0 aromatic rings. The van der Waals surface area contributed by atoms with Crippen LogP contribution in [0, 0.1) is 17.3 Å². The number of carbonyl (C=O) groups excluding carboxylic acids is 4. The lowest BCUT2D eigenvalue weighted by molar-refractivity contribution is -0.133. The molecule has 3 aliphatic carbocycles. The van der Waals surface area contributed by atoms with E-state index in [9.17, 15) is 19.2 Å². The molecule has 152 valence electrons. The van der Waals surface area contributed by atoms with Gasteiger partial charge in [-0.05, 0) is 38.2 Å². The van der Waals surface area contributed by atoms with Crippen LogP contribution in [0.2, 0.25) is 0 Å². The van der Waals surface area contributed by atoms with Crippen LogP contribution >= 0.6 is 0 Å². The Morgan fingerprint density at radius 1 is 1.21 bits per heavy atom. The topological polar surface area (TPSA) is 80.3 Å². The number of allylic oxidation sites excluding steroid dienone is 3. The highest BCUT2D eigenvalue weighted by atomic mass is 16.2. The molecule has 3 aliphatic rings. The van der Waals surface area contributed by atoms with E-state index in [1.54, 1.807) is 19.1 Å². The van der Waals surface area contributed by atoms with Gasteiger partial charge in [-0.2, -0.15) is 0 Å². The van der Waals surface area contributed by atoms with Gasteiger partial charge in [0.2, 0.25) is 5.91 Å². The van der Waals surface area contributed by atoms with Gasteiger partial charge >= 0.3 is 0 Å². The Bertz CT molecular complexity index is 723. The second-order valence-electron chi connectivity index (χ2n) is 9.07. The maximum Gasteiger partial charge on any atom is 0.248 e. The molecule has 3 rings (SSSR count). The molecular formula is C23H31NO4. The number of carbonyl (C=O) groups is 4. The van der Waals surface area contributed by atoms with E-state index < -0.39 is 6.04 Å². The molecule has 0 aromatic heterocycles. The molecule has 0 spiro atoms. The Balaban J connectivity index is 1.59. The van der Waals surface area contributed by atoms with Crippen molar-refractivity contribution >= 4 is 23.3 Å². The summed E-state index contributed by atoms with van der Waals surface area (Å²) in [5.74, 6) is -0.0674. The molecule has 28 heavy (non-hydrogen) atoms. The van der Waals surface area contributed by atoms with Crippen LogP contribution < -0.4 is 5.32 Å². The maximum atomic E-state index is 13.0. The minimum atomic E-state index is -0.666. The fourth-order valence-electron chi connectivity index (χ4n) is 4.38. The van der Waals surface area contributed by atoms with Gasteiger partial charge < -0.3 is 5.32 Å². The molecule has 0 aliphatic heterocycles. The summed E-state index contributed by atoms with van der Waals surface area (Å²) in [6.07, 6.45) is 12.2. The zero-order chi connectivity index (χ0) is 20.3. The van der Waals surface area contributed by atoms with E-state index in [1.165, 1.54) is 18.9 Å². The average Bonchev–Trinajstić information content (AvgIpc) is 3.20. The van der Waals surface area contributed by atoms with Crippen LogP contribution in [0.25, 0.3) is 0 Å². The molecule has 0 radical (unpaired) electrons. The van der Waals surface area contributed by atoms with E-state index in [1.807, 2.05) is 6.92 Å². The van der Waals surface area contributed by atoms with Gasteiger partial charge in [-0.3, -0.25) is 19.2 Å². The van der Waals surface area contributed by atoms with Gasteiger partial charge in [0.25, 0.3) is 0 Å². The summed E-state index contributed by atoms with van der Waals surface area (Å²) < 4.78 is 0. The first-order chi connectivity index (χ1) is 13.3. The van der Waals surface area contributed by atoms with Crippen LogP contribution in [0.4, 0.5) is 0 Å². The molecule has 0 bridgehead atoms. The lowest BCUT2D eigenvalue weighted by atomic mass is 9.80. The number of ketones is 3. The molecule has 0 unspecified atom stereocenters. The summed E-state index contributed by atoms with van der Waals surface area (Å²) >= 11 is 0. The largest absolute Gasteiger partial charge is 0.343 e. The predicted molar refractivity (Wildman–Crippen MR) is 106 cm³/mol. The quantitative estimate of drug-likeness (QED) is 0.659. The van der Waals surface area contributed by atoms with Crippen LogP contribution in [-0.2, 0) is 19.2 Å². The second-order valence-corrected chi connectivity index (χ2v) is 9.07. The number of rotatable bonds is 9. The second kappa shape index (κ2) is 8.54. The van der Waals surface area contributed by atoms with Crippen LogP contribution in [0.5, 0.6) is 0 Å². The van der Waals surface area contributed by atoms with Crippen molar-refractivity contribution in [3.8, 4) is 0 Å². The van der Waals surface area contributed by atoms with Crippen LogP contribution in [0.1, 0.15) is 71.6 Å². The summed E-state index contributed by atoms with van der Waals surface area (Å²) in [6, 6.07) is -0.666. The Kier molecular flexibility index (Phi) is 6.31. The summed E-state index contributed by atoms with van der Waals surface area (Å²) in [5.41, 5.74) is 0.131. The first-order valence-corrected chi connectivity index (χ1v) is 10.6. The van der Waals surface area contributed by atoms with E-state index in [-0.39, 0.29) is 47.4 Å². The third-order valence-corrected chi connectivity index (χ3v) is 6.57. The molecule has 2 saturated carbocycles. The summed E-state index contributed by atoms with van der Waals surface area (Å²) in [4.78, 5) is 49.6. The molecule has 1 N–H and O–H groups in total. The highest BCUT2D eigenvalue weighted by Crippen LogP contribution is 2.49. The zero-order valence-corrected chi connectivity index (χ0v) is 17.0. The molecule has 0 heterocycles. The van der Waals surface area contributed by atoms with Gasteiger partial charge in [-0.1, -0.05) is 44.8 Å². The number of amides is 1. The minimum Gasteiger partial charge on any atom is -0.343 e. The SMILES string of the molecule is C[C@H](NC(=O)C1=CC=CC(=O)C1)C(=O)C[C@@H](CC1CCCC1)C(=O)C1(C)CC1. The normalized spacial score (nSPS) is 23.1. The van der Waals surface area contributed by atoms with E-state index in [4.69, 9.17) is 0 Å². The smallest absolute Gasteiger partial charge is 0.248 e. The number of nitrogens with one attached hydrogen (secondary N) is 1. The van der Waals surface area contributed by atoms with Crippen molar-refractivity contribution in [2.75, 3.05) is 0 Å². The number of hydrogen-bond donors (Lipinski definition) is 1. The van der Waals surface area contributed by atoms with Gasteiger partial charge in [-0.25, -0.2) is 0 Å². The van der Waals surface area contributed by atoms with Crippen LogP contribution in [-0.4, -0.2) is 29.3 Å². The minimum absolute atomic E-state index is 0.0599. The summed E-state index contributed by atoms with van der Waals surface area (Å²) in [6.45, 7) is 3.67. The Morgan fingerprint density at radius 2 is 1.89 bits per heavy atom. The van der Waals surface area contributed by atoms with Crippen molar-refractivity contribution in [3.63, 3.8) is 0 Å². The standard InChI is InChI=1S/C23H31NO4/c1-15(24-22(28)17-8-5-9-19(25)13-17)20(26)14-18(12-16-6-3-4-7-16)21(27)23(2)10-11-23/h5,8-9,15-16,18H,3-4,6-7,10-14H2,1-2H3,(H,24,28)/t15-,18+/m0/s1. The predicted octanol–water partition coefficient (Wildman–Crippen LogP) is 3.47. The lowest BCUT2D eigenvalue weighted by Crippen LogP contribution is -2.41. The molecule has 5 heteroatoms. The fourth-order valence-corrected chi connectivity index (χ4v) is 4.38. The van der Waals surface area contributed by atoms with E-state index in [0.29, 0.717) is 11.5 Å². The maximum absolute atomic E-state index is 13.0. The van der Waals surface area contributed by atoms with Crippen molar-refractivity contribution in [1.29, 1.82) is 0 Å². The van der Waals surface area contributed by atoms with Gasteiger partial charge in [0.1, 0.15) is 5.78 Å². The average molecular weight is 386 g/mol.